The Labute approximate surface area is 153 Å². The van der Waals surface area contributed by atoms with E-state index < -0.39 is 0 Å². The summed E-state index contributed by atoms with van der Waals surface area (Å²) in [6.07, 6.45) is 2.13. The molecule has 0 saturated heterocycles. The molecule has 0 aliphatic heterocycles. The van der Waals surface area contributed by atoms with Crippen molar-refractivity contribution in [2.24, 2.45) is 4.99 Å². The molecule has 0 radical (unpaired) electrons. The molecule has 1 unspecified atom stereocenters. The van der Waals surface area contributed by atoms with Crippen LogP contribution in [0.25, 0.3) is 0 Å². The van der Waals surface area contributed by atoms with Gasteiger partial charge in [0.05, 0.1) is 6.54 Å². The highest BCUT2D eigenvalue weighted by atomic mass is 127. The molecule has 0 amide bonds. The molecule has 0 heterocycles. The second kappa shape index (κ2) is 13.9. The number of nitrogens with one attached hydrogen (secondary N) is 2. The smallest absolute Gasteiger partial charge is 0.191 e. The lowest BCUT2D eigenvalue weighted by molar-refractivity contribution is 0.178. The zero-order valence-corrected chi connectivity index (χ0v) is 17.9. The minimum absolute atomic E-state index is 0. The van der Waals surface area contributed by atoms with Gasteiger partial charge >= 0.3 is 0 Å². The van der Waals surface area contributed by atoms with Gasteiger partial charge in [0.15, 0.2) is 5.96 Å². The van der Waals surface area contributed by atoms with Gasteiger partial charge in [-0.05, 0) is 40.9 Å². The first-order valence-electron chi connectivity index (χ1n) is 7.73. The van der Waals surface area contributed by atoms with E-state index in [4.69, 9.17) is 0 Å². The van der Waals surface area contributed by atoms with Crippen molar-refractivity contribution in [3.63, 3.8) is 0 Å². The summed E-state index contributed by atoms with van der Waals surface area (Å²) in [4.78, 5) is 7.11. The first kappa shape index (κ1) is 23.6. The third kappa shape index (κ3) is 11.5. The Morgan fingerprint density at radius 3 is 2.10 bits per heavy atom. The van der Waals surface area contributed by atoms with Crippen LogP contribution < -0.4 is 10.6 Å². The Morgan fingerprint density at radius 2 is 1.67 bits per heavy atom. The number of thioether (sulfide) groups is 1. The summed E-state index contributed by atoms with van der Waals surface area (Å²) in [7, 11) is 0. The molecule has 4 nitrogen and oxygen atoms in total. The molecular weight excluding hydrogens is 395 g/mol. The van der Waals surface area contributed by atoms with Crippen molar-refractivity contribution in [3.05, 3.63) is 0 Å². The van der Waals surface area contributed by atoms with Gasteiger partial charge in [0.25, 0.3) is 0 Å². The van der Waals surface area contributed by atoms with Crippen LogP contribution in [0.5, 0.6) is 0 Å². The van der Waals surface area contributed by atoms with Crippen LogP contribution in [0.2, 0.25) is 0 Å². The average Bonchev–Trinajstić information content (AvgIpc) is 2.39. The third-order valence-corrected chi connectivity index (χ3v) is 4.20. The fraction of sp³-hybridized carbons (Fsp3) is 0.933. The number of halogens is 1. The molecule has 0 spiro atoms. The van der Waals surface area contributed by atoms with Gasteiger partial charge in [0, 0.05) is 37.0 Å². The summed E-state index contributed by atoms with van der Waals surface area (Å²) in [6, 6.07) is 1.15. The Morgan fingerprint density at radius 1 is 1.10 bits per heavy atom. The van der Waals surface area contributed by atoms with Gasteiger partial charge in [-0.25, -0.2) is 0 Å². The lowest BCUT2D eigenvalue weighted by Crippen LogP contribution is -2.45. The van der Waals surface area contributed by atoms with E-state index in [-0.39, 0.29) is 24.0 Å². The molecular formula is C15H35IN4S. The number of nitrogens with zero attached hydrogens (tertiary/aromatic N) is 2. The van der Waals surface area contributed by atoms with Gasteiger partial charge < -0.3 is 10.6 Å². The van der Waals surface area contributed by atoms with Crippen molar-refractivity contribution in [1.82, 2.24) is 15.5 Å². The quantitative estimate of drug-likeness (QED) is 0.335. The molecule has 0 bridgehead atoms. The zero-order chi connectivity index (χ0) is 15.5. The molecule has 0 aliphatic carbocycles. The van der Waals surface area contributed by atoms with Crippen LogP contribution in [0.1, 0.15) is 41.5 Å². The summed E-state index contributed by atoms with van der Waals surface area (Å²) in [5.41, 5.74) is 0. The predicted octanol–water partition coefficient (Wildman–Crippen LogP) is 3.03. The molecule has 0 rings (SSSR count). The standard InChI is InChI=1S/C15H34N4S.HI/c1-8-16-15(18-11-14(6)20-7)17-9-10-19(12(2)3)13(4)5;/h12-14H,8-11H2,1-7H3,(H2,16,17,18);1H. The normalized spacial score (nSPS) is 13.5. The number of aliphatic imine (C=N–C) groups is 1. The molecule has 0 aromatic carbocycles. The number of guanidine groups is 1. The highest BCUT2D eigenvalue weighted by Crippen LogP contribution is 2.05. The molecule has 6 heteroatoms. The van der Waals surface area contributed by atoms with Crippen molar-refractivity contribution < 1.29 is 0 Å². The van der Waals surface area contributed by atoms with E-state index in [2.05, 4.69) is 68.3 Å². The van der Waals surface area contributed by atoms with Crippen molar-refractivity contribution in [2.75, 3.05) is 32.4 Å². The first-order chi connectivity index (χ1) is 9.42. The van der Waals surface area contributed by atoms with E-state index in [0.29, 0.717) is 17.3 Å². The Hall–Kier alpha value is 0.310. The maximum absolute atomic E-state index is 4.63. The maximum atomic E-state index is 4.63. The molecule has 0 aliphatic rings. The number of rotatable bonds is 9. The van der Waals surface area contributed by atoms with Gasteiger partial charge in [-0.1, -0.05) is 6.92 Å². The number of hydrogen-bond donors (Lipinski definition) is 2. The van der Waals surface area contributed by atoms with Crippen molar-refractivity contribution in [1.29, 1.82) is 0 Å². The van der Waals surface area contributed by atoms with Gasteiger partial charge in [0.1, 0.15) is 0 Å². The van der Waals surface area contributed by atoms with Crippen molar-refractivity contribution >= 4 is 41.7 Å². The van der Waals surface area contributed by atoms with Gasteiger partial charge in [-0.3, -0.25) is 9.89 Å². The Balaban J connectivity index is 0. The van der Waals surface area contributed by atoms with Crippen LogP contribution in [-0.2, 0) is 0 Å². The minimum Gasteiger partial charge on any atom is -0.357 e. The summed E-state index contributed by atoms with van der Waals surface area (Å²) in [6.45, 7) is 17.0. The van der Waals surface area contributed by atoms with Crippen LogP contribution in [0.4, 0.5) is 0 Å². The molecule has 0 fully saturated rings. The second-order valence-electron chi connectivity index (χ2n) is 5.62. The molecule has 2 N–H and O–H groups in total. The summed E-state index contributed by atoms with van der Waals surface area (Å²) < 4.78 is 0. The Kier molecular flexibility index (Phi) is 15.6. The minimum atomic E-state index is 0. The predicted molar refractivity (Wildman–Crippen MR) is 109 cm³/mol. The van der Waals surface area contributed by atoms with Gasteiger partial charge in [-0.15, -0.1) is 24.0 Å². The van der Waals surface area contributed by atoms with Crippen LogP contribution in [0, 0.1) is 0 Å². The SMILES string of the molecule is CCNC(=NCC(C)SC)NCCN(C(C)C)C(C)C.I. The van der Waals surface area contributed by atoms with Crippen LogP contribution >= 0.6 is 35.7 Å². The lowest BCUT2D eigenvalue weighted by Gasteiger charge is -2.30. The van der Waals surface area contributed by atoms with Crippen LogP contribution in [0.15, 0.2) is 4.99 Å². The van der Waals surface area contributed by atoms with Crippen LogP contribution in [0.3, 0.4) is 0 Å². The summed E-state index contributed by atoms with van der Waals surface area (Å²) in [5.74, 6) is 0.931. The molecule has 21 heavy (non-hydrogen) atoms. The Bertz CT molecular complexity index is 264. The highest BCUT2D eigenvalue weighted by molar-refractivity contribution is 14.0. The lowest BCUT2D eigenvalue weighted by atomic mass is 10.2. The van der Waals surface area contributed by atoms with E-state index in [1.807, 2.05) is 11.8 Å². The summed E-state index contributed by atoms with van der Waals surface area (Å²) >= 11 is 1.85. The topological polar surface area (TPSA) is 39.7 Å². The van der Waals surface area contributed by atoms with E-state index in [1.165, 1.54) is 0 Å². The second-order valence-corrected chi connectivity index (χ2v) is 6.89. The zero-order valence-electron chi connectivity index (χ0n) is 14.8. The van der Waals surface area contributed by atoms with E-state index in [0.717, 1.165) is 32.1 Å². The highest BCUT2D eigenvalue weighted by Gasteiger charge is 2.12. The van der Waals surface area contributed by atoms with Crippen molar-refractivity contribution in [3.8, 4) is 0 Å². The number of hydrogen-bond acceptors (Lipinski definition) is 3. The van der Waals surface area contributed by atoms with Crippen molar-refractivity contribution in [2.45, 2.75) is 58.9 Å². The van der Waals surface area contributed by atoms with Gasteiger partial charge in [-0.2, -0.15) is 11.8 Å². The first-order valence-corrected chi connectivity index (χ1v) is 9.01. The fourth-order valence-corrected chi connectivity index (χ4v) is 2.28. The molecule has 0 aromatic rings. The average molecular weight is 430 g/mol. The molecule has 0 aromatic heterocycles. The summed E-state index contributed by atoms with van der Waals surface area (Å²) in [5, 5.41) is 7.30. The third-order valence-electron chi connectivity index (χ3n) is 3.24. The monoisotopic (exact) mass is 430 g/mol. The van der Waals surface area contributed by atoms with Crippen LogP contribution in [-0.4, -0.2) is 60.6 Å². The largest absolute Gasteiger partial charge is 0.357 e. The fourth-order valence-electron chi connectivity index (χ4n) is 2.05. The van der Waals surface area contributed by atoms with E-state index in [9.17, 15) is 0 Å². The molecule has 128 valence electrons. The van der Waals surface area contributed by atoms with Gasteiger partial charge in [0.2, 0.25) is 0 Å². The van der Waals surface area contributed by atoms with E-state index in [1.54, 1.807) is 0 Å². The molecule has 0 saturated carbocycles. The molecule has 1 atom stereocenters. The maximum Gasteiger partial charge on any atom is 0.191 e. The van der Waals surface area contributed by atoms with E-state index >= 15 is 0 Å².